The molecule has 1 heterocycles. The van der Waals surface area contributed by atoms with Crippen molar-refractivity contribution in [2.75, 3.05) is 5.75 Å². The predicted octanol–water partition coefficient (Wildman–Crippen LogP) is 0.256. The standard InChI is InChI=1S/C5H7ClO4S2/c1-4-2-11(7,8)3-5(4)12(6,9)10/h2,5H,3H2,1H3/t5-/m1/s1. The molecule has 0 amide bonds. The van der Waals surface area contributed by atoms with Crippen LogP contribution in [0.2, 0.25) is 0 Å². The van der Waals surface area contributed by atoms with E-state index in [4.69, 9.17) is 10.7 Å². The van der Waals surface area contributed by atoms with E-state index in [0.717, 1.165) is 5.41 Å². The first-order valence-electron chi connectivity index (χ1n) is 3.07. The lowest BCUT2D eigenvalue weighted by atomic mass is 10.3. The molecule has 0 N–H and O–H groups in total. The number of hydrogen-bond donors (Lipinski definition) is 0. The maximum Gasteiger partial charge on any atom is 0.240 e. The molecule has 1 aliphatic heterocycles. The van der Waals surface area contributed by atoms with Crippen LogP contribution in [0.5, 0.6) is 0 Å². The Morgan fingerprint density at radius 3 is 2.25 bits per heavy atom. The molecule has 12 heavy (non-hydrogen) atoms. The van der Waals surface area contributed by atoms with Crippen LogP contribution in [0.1, 0.15) is 6.92 Å². The molecule has 0 saturated carbocycles. The largest absolute Gasteiger partial charge is 0.240 e. The number of hydrogen-bond acceptors (Lipinski definition) is 4. The van der Waals surface area contributed by atoms with Gasteiger partial charge in [0.15, 0.2) is 9.84 Å². The molecule has 0 aromatic rings. The van der Waals surface area contributed by atoms with Gasteiger partial charge in [-0.15, -0.1) is 0 Å². The van der Waals surface area contributed by atoms with Crippen molar-refractivity contribution in [3.05, 3.63) is 11.0 Å². The zero-order valence-electron chi connectivity index (χ0n) is 6.19. The molecule has 0 spiro atoms. The van der Waals surface area contributed by atoms with Crippen LogP contribution in [0.3, 0.4) is 0 Å². The molecular weight excluding hydrogens is 224 g/mol. The minimum Gasteiger partial charge on any atom is -0.224 e. The lowest BCUT2D eigenvalue weighted by Crippen LogP contribution is -2.20. The Hall–Kier alpha value is -0.0700. The van der Waals surface area contributed by atoms with Crippen molar-refractivity contribution in [2.45, 2.75) is 12.2 Å². The molecule has 4 nitrogen and oxygen atoms in total. The van der Waals surface area contributed by atoms with Crippen LogP contribution >= 0.6 is 10.7 Å². The Balaban J connectivity index is 3.15. The average molecular weight is 231 g/mol. The molecule has 0 aromatic carbocycles. The van der Waals surface area contributed by atoms with Gasteiger partial charge in [0, 0.05) is 16.1 Å². The molecule has 0 aliphatic carbocycles. The fraction of sp³-hybridized carbons (Fsp3) is 0.600. The summed E-state index contributed by atoms with van der Waals surface area (Å²) in [5.41, 5.74) is 0.282. The first-order chi connectivity index (χ1) is 5.22. The average Bonchev–Trinajstić information content (AvgIpc) is 2.03. The van der Waals surface area contributed by atoms with Gasteiger partial charge in [-0.25, -0.2) is 16.8 Å². The van der Waals surface area contributed by atoms with E-state index in [1.165, 1.54) is 6.92 Å². The van der Waals surface area contributed by atoms with Gasteiger partial charge in [-0.3, -0.25) is 0 Å². The van der Waals surface area contributed by atoms with Crippen molar-refractivity contribution in [1.29, 1.82) is 0 Å². The summed E-state index contributed by atoms with van der Waals surface area (Å²) in [6.07, 6.45) is 0. The molecule has 0 bridgehead atoms. The summed E-state index contributed by atoms with van der Waals surface area (Å²) in [6.45, 7) is 1.44. The summed E-state index contributed by atoms with van der Waals surface area (Å²) in [5.74, 6) is -0.426. The fourth-order valence-electron chi connectivity index (χ4n) is 1.05. The van der Waals surface area contributed by atoms with Crippen LogP contribution in [0.4, 0.5) is 0 Å². The SMILES string of the molecule is CC1=CS(=O)(=O)C[C@H]1S(=O)(=O)Cl. The lowest BCUT2D eigenvalue weighted by Gasteiger charge is -2.03. The van der Waals surface area contributed by atoms with Crippen molar-refractivity contribution in [3.8, 4) is 0 Å². The molecule has 1 rings (SSSR count). The van der Waals surface area contributed by atoms with Gasteiger partial charge in [-0.05, 0) is 12.5 Å². The van der Waals surface area contributed by atoms with Gasteiger partial charge in [0.2, 0.25) is 9.05 Å². The molecule has 70 valence electrons. The highest BCUT2D eigenvalue weighted by molar-refractivity contribution is 8.15. The van der Waals surface area contributed by atoms with Crippen molar-refractivity contribution >= 4 is 29.6 Å². The monoisotopic (exact) mass is 230 g/mol. The molecule has 1 atom stereocenters. The third kappa shape index (κ3) is 1.99. The fourth-order valence-corrected chi connectivity index (χ4v) is 5.27. The number of halogens is 1. The Kier molecular flexibility index (Phi) is 2.26. The van der Waals surface area contributed by atoms with E-state index in [0.29, 0.717) is 0 Å². The number of rotatable bonds is 1. The van der Waals surface area contributed by atoms with Gasteiger partial charge < -0.3 is 0 Å². The van der Waals surface area contributed by atoms with E-state index >= 15 is 0 Å². The van der Waals surface area contributed by atoms with E-state index in [1.807, 2.05) is 0 Å². The lowest BCUT2D eigenvalue weighted by molar-refractivity contribution is 0.595. The Labute approximate surface area is 75.6 Å². The minimum absolute atomic E-state index is 0.282. The van der Waals surface area contributed by atoms with Crippen LogP contribution in [0.15, 0.2) is 11.0 Å². The molecule has 0 saturated heterocycles. The van der Waals surface area contributed by atoms with Gasteiger partial charge in [0.05, 0.1) is 5.75 Å². The van der Waals surface area contributed by atoms with E-state index in [9.17, 15) is 16.8 Å². The summed E-state index contributed by atoms with van der Waals surface area (Å²) in [7, 11) is -2.12. The van der Waals surface area contributed by atoms with Crippen molar-refractivity contribution in [1.82, 2.24) is 0 Å². The van der Waals surface area contributed by atoms with E-state index in [2.05, 4.69) is 0 Å². The van der Waals surface area contributed by atoms with Crippen LogP contribution < -0.4 is 0 Å². The van der Waals surface area contributed by atoms with Gasteiger partial charge in [0.1, 0.15) is 5.25 Å². The van der Waals surface area contributed by atoms with Gasteiger partial charge in [-0.2, -0.15) is 0 Å². The van der Waals surface area contributed by atoms with Crippen LogP contribution in [0.25, 0.3) is 0 Å². The minimum atomic E-state index is -3.80. The zero-order valence-corrected chi connectivity index (χ0v) is 8.58. The van der Waals surface area contributed by atoms with Crippen molar-refractivity contribution in [3.63, 3.8) is 0 Å². The number of sulfone groups is 1. The quantitative estimate of drug-likeness (QED) is 0.606. The summed E-state index contributed by atoms with van der Waals surface area (Å²) in [5, 5.41) is -0.110. The molecule has 0 fully saturated rings. The smallest absolute Gasteiger partial charge is 0.224 e. The van der Waals surface area contributed by atoms with Gasteiger partial charge in [0.25, 0.3) is 0 Å². The normalized spacial score (nSPS) is 28.5. The highest BCUT2D eigenvalue weighted by Gasteiger charge is 2.35. The van der Waals surface area contributed by atoms with Gasteiger partial charge in [-0.1, -0.05) is 0 Å². The second-order valence-corrected chi connectivity index (χ2v) is 7.36. The van der Waals surface area contributed by atoms with Crippen LogP contribution in [0, 0.1) is 0 Å². The summed E-state index contributed by atoms with van der Waals surface area (Å²) in [6, 6.07) is 0. The third-order valence-electron chi connectivity index (χ3n) is 1.60. The third-order valence-corrected chi connectivity index (χ3v) is 5.20. The van der Waals surface area contributed by atoms with Crippen molar-refractivity contribution < 1.29 is 16.8 Å². The topological polar surface area (TPSA) is 68.3 Å². The maximum absolute atomic E-state index is 10.9. The maximum atomic E-state index is 10.9. The Morgan fingerprint density at radius 1 is 1.58 bits per heavy atom. The van der Waals surface area contributed by atoms with Gasteiger partial charge >= 0.3 is 0 Å². The van der Waals surface area contributed by atoms with E-state index in [1.54, 1.807) is 0 Å². The van der Waals surface area contributed by atoms with Crippen LogP contribution in [-0.2, 0) is 18.9 Å². The first kappa shape index (κ1) is 10.0. The second-order valence-electron chi connectivity index (χ2n) is 2.66. The first-order valence-corrected chi connectivity index (χ1v) is 7.15. The molecular formula is C5H7ClO4S2. The van der Waals surface area contributed by atoms with Crippen molar-refractivity contribution in [2.24, 2.45) is 0 Å². The molecule has 1 aliphatic rings. The highest BCUT2D eigenvalue weighted by Crippen LogP contribution is 2.25. The summed E-state index contributed by atoms with van der Waals surface area (Å²) in [4.78, 5) is 0. The molecule has 0 radical (unpaired) electrons. The Morgan fingerprint density at radius 2 is 2.08 bits per heavy atom. The highest BCUT2D eigenvalue weighted by atomic mass is 35.7. The summed E-state index contributed by atoms with van der Waals surface area (Å²) >= 11 is 0. The summed E-state index contributed by atoms with van der Waals surface area (Å²) < 4.78 is 43.4. The predicted molar refractivity (Wildman–Crippen MR) is 46.1 cm³/mol. The van der Waals surface area contributed by atoms with E-state index in [-0.39, 0.29) is 5.57 Å². The zero-order chi connectivity index (χ0) is 9.57. The second kappa shape index (κ2) is 2.71. The Bertz CT molecular complexity index is 416. The molecule has 0 unspecified atom stereocenters. The van der Waals surface area contributed by atoms with E-state index < -0.39 is 29.9 Å². The van der Waals surface area contributed by atoms with Crippen LogP contribution in [-0.4, -0.2) is 27.8 Å². The molecule has 7 heteroatoms. The molecule has 0 aromatic heterocycles.